The molecule has 1 saturated heterocycles. The van der Waals surface area contributed by atoms with Crippen LogP contribution < -0.4 is 10.6 Å². The van der Waals surface area contributed by atoms with Gasteiger partial charge in [-0.3, -0.25) is 0 Å². The molecule has 0 aromatic rings. The molecule has 1 aliphatic rings. The number of aliphatic hydroxyl groups is 1. The molecule has 3 N–H and O–H groups in total. The fourth-order valence-electron chi connectivity index (χ4n) is 1.56. The van der Waals surface area contributed by atoms with Gasteiger partial charge in [0.15, 0.2) is 0 Å². The number of hydrogen-bond donors (Lipinski definition) is 3. The van der Waals surface area contributed by atoms with Gasteiger partial charge in [0, 0.05) is 18.6 Å². The molecule has 1 atom stereocenters. The highest BCUT2D eigenvalue weighted by atomic mass is 16.5. The van der Waals surface area contributed by atoms with Crippen molar-refractivity contribution in [3.63, 3.8) is 0 Å². The van der Waals surface area contributed by atoms with Crippen molar-refractivity contribution in [3.8, 4) is 0 Å². The summed E-state index contributed by atoms with van der Waals surface area (Å²) in [6, 6.07) is 0. The van der Waals surface area contributed by atoms with Gasteiger partial charge >= 0.3 is 0 Å². The van der Waals surface area contributed by atoms with Gasteiger partial charge in [0.2, 0.25) is 0 Å². The molecule has 13 heavy (non-hydrogen) atoms. The van der Waals surface area contributed by atoms with E-state index in [-0.39, 0.29) is 12.1 Å². The molecule has 0 amide bonds. The summed E-state index contributed by atoms with van der Waals surface area (Å²) in [5, 5.41) is 15.2. The molecule has 78 valence electrons. The van der Waals surface area contributed by atoms with Gasteiger partial charge in [0.1, 0.15) is 0 Å². The van der Waals surface area contributed by atoms with Crippen molar-refractivity contribution in [1.82, 2.24) is 10.6 Å². The van der Waals surface area contributed by atoms with E-state index in [9.17, 15) is 0 Å². The van der Waals surface area contributed by atoms with E-state index in [0.717, 1.165) is 19.6 Å². The molecule has 0 spiro atoms. The SMILES string of the molecule is CC1(NCCOCCO)CCNC1. The summed E-state index contributed by atoms with van der Waals surface area (Å²) < 4.78 is 5.15. The second kappa shape index (κ2) is 5.54. The standard InChI is InChI=1S/C9H20N2O2/c1-9(2-3-10-8-9)11-4-6-13-7-5-12/h10-12H,2-8H2,1H3. The predicted molar refractivity (Wildman–Crippen MR) is 51.8 cm³/mol. The van der Waals surface area contributed by atoms with E-state index in [2.05, 4.69) is 17.6 Å². The van der Waals surface area contributed by atoms with Crippen LogP contribution in [-0.2, 0) is 4.74 Å². The first-order chi connectivity index (χ1) is 6.27. The Morgan fingerprint density at radius 2 is 2.38 bits per heavy atom. The zero-order valence-corrected chi connectivity index (χ0v) is 8.31. The maximum atomic E-state index is 8.47. The zero-order chi connectivity index (χ0) is 9.57. The molecule has 4 nitrogen and oxygen atoms in total. The third-order valence-electron chi connectivity index (χ3n) is 2.40. The first-order valence-corrected chi connectivity index (χ1v) is 4.91. The smallest absolute Gasteiger partial charge is 0.0698 e. The molecule has 4 heteroatoms. The average molecular weight is 188 g/mol. The van der Waals surface area contributed by atoms with Gasteiger partial charge in [-0.1, -0.05) is 0 Å². The van der Waals surface area contributed by atoms with E-state index in [0.29, 0.717) is 13.2 Å². The molecule has 0 bridgehead atoms. The molecular weight excluding hydrogens is 168 g/mol. The Labute approximate surface area is 79.7 Å². The zero-order valence-electron chi connectivity index (χ0n) is 8.31. The first-order valence-electron chi connectivity index (χ1n) is 4.91. The molecule has 0 saturated carbocycles. The largest absolute Gasteiger partial charge is 0.394 e. The first kappa shape index (κ1) is 10.9. The lowest BCUT2D eigenvalue weighted by atomic mass is 10.0. The Balaban J connectivity index is 1.98. The highest BCUT2D eigenvalue weighted by Gasteiger charge is 2.26. The summed E-state index contributed by atoms with van der Waals surface area (Å²) in [6.45, 7) is 6.44. The Morgan fingerprint density at radius 3 is 3.00 bits per heavy atom. The summed E-state index contributed by atoms with van der Waals surface area (Å²) in [6.07, 6.45) is 1.17. The van der Waals surface area contributed by atoms with Crippen molar-refractivity contribution in [2.75, 3.05) is 39.5 Å². The normalized spacial score (nSPS) is 28.2. The summed E-state index contributed by atoms with van der Waals surface area (Å²) in [5.74, 6) is 0. The average Bonchev–Trinajstić information content (AvgIpc) is 2.53. The second-order valence-corrected chi connectivity index (χ2v) is 3.75. The van der Waals surface area contributed by atoms with Crippen LogP contribution in [0.1, 0.15) is 13.3 Å². The molecule has 1 aliphatic heterocycles. The Kier molecular flexibility index (Phi) is 4.66. The summed E-state index contributed by atoms with van der Waals surface area (Å²) in [7, 11) is 0. The number of nitrogens with one attached hydrogen (secondary N) is 2. The van der Waals surface area contributed by atoms with Gasteiger partial charge < -0.3 is 20.5 Å². The van der Waals surface area contributed by atoms with Crippen LogP contribution in [0.2, 0.25) is 0 Å². The molecule has 1 heterocycles. The van der Waals surface area contributed by atoms with Crippen LogP contribution in [0.25, 0.3) is 0 Å². The third-order valence-corrected chi connectivity index (χ3v) is 2.40. The molecule has 0 aromatic heterocycles. The number of aliphatic hydroxyl groups excluding tert-OH is 1. The van der Waals surface area contributed by atoms with Crippen LogP contribution in [0, 0.1) is 0 Å². The molecule has 0 radical (unpaired) electrons. The van der Waals surface area contributed by atoms with Crippen molar-refractivity contribution >= 4 is 0 Å². The molecule has 1 rings (SSSR count). The van der Waals surface area contributed by atoms with Crippen molar-refractivity contribution in [1.29, 1.82) is 0 Å². The van der Waals surface area contributed by atoms with Crippen molar-refractivity contribution < 1.29 is 9.84 Å². The molecule has 0 aromatic carbocycles. The molecular formula is C9H20N2O2. The van der Waals surface area contributed by atoms with E-state index in [4.69, 9.17) is 9.84 Å². The maximum Gasteiger partial charge on any atom is 0.0698 e. The summed E-state index contributed by atoms with van der Waals surface area (Å²) in [4.78, 5) is 0. The van der Waals surface area contributed by atoms with Gasteiger partial charge in [0.25, 0.3) is 0 Å². The molecule has 1 unspecified atom stereocenters. The van der Waals surface area contributed by atoms with Gasteiger partial charge in [-0.2, -0.15) is 0 Å². The molecule has 1 fully saturated rings. The fraction of sp³-hybridized carbons (Fsp3) is 1.00. The van der Waals surface area contributed by atoms with Crippen LogP contribution >= 0.6 is 0 Å². The Morgan fingerprint density at radius 1 is 1.54 bits per heavy atom. The minimum Gasteiger partial charge on any atom is -0.394 e. The number of ether oxygens (including phenoxy) is 1. The highest BCUT2D eigenvalue weighted by Crippen LogP contribution is 2.12. The minimum absolute atomic E-state index is 0.110. The Bertz CT molecular complexity index is 136. The van der Waals surface area contributed by atoms with Gasteiger partial charge in [-0.25, -0.2) is 0 Å². The van der Waals surface area contributed by atoms with Crippen LogP contribution in [0.4, 0.5) is 0 Å². The van der Waals surface area contributed by atoms with Crippen LogP contribution in [0.3, 0.4) is 0 Å². The fourth-order valence-corrected chi connectivity index (χ4v) is 1.56. The third kappa shape index (κ3) is 4.04. The lowest BCUT2D eigenvalue weighted by Crippen LogP contribution is -2.45. The van der Waals surface area contributed by atoms with E-state index >= 15 is 0 Å². The van der Waals surface area contributed by atoms with Crippen LogP contribution in [-0.4, -0.2) is 50.1 Å². The van der Waals surface area contributed by atoms with Crippen molar-refractivity contribution in [2.24, 2.45) is 0 Å². The Hall–Kier alpha value is -0.160. The minimum atomic E-state index is 0.110. The van der Waals surface area contributed by atoms with Crippen LogP contribution in [0.15, 0.2) is 0 Å². The lowest BCUT2D eigenvalue weighted by Gasteiger charge is -2.24. The highest BCUT2D eigenvalue weighted by molar-refractivity contribution is 4.91. The van der Waals surface area contributed by atoms with E-state index in [1.807, 2.05) is 0 Å². The lowest BCUT2D eigenvalue weighted by molar-refractivity contribution is 0.0904. The van der Waals surface area contributed by atoms with E-state index in [1.54, 1.807) is 0 Å². The van der Waals surface area contributed by atoms with Gasteiger partial charge in [-0.05, 0) is 19.9 Å². The number of rotatable bonds is 6. The van der Waals surface area contributed by atoms with Crippen LogP contribution in [0.5, 0.6) is 0 Å². The van der Waals surface area contributed by atoms with Crippen molar-refractivity contribution in [2.45, 2.75) is 18.9 Å². The van der Waals surface area contributed by atoms with Crippen molar-refractivity contribution in [3.05, 3.63) is 0 Å². The van der Waals surface area contributed by atoms with E-state index in [1.165, 1.54) is 6.42 Å². The topological polar surface area (TPSA) is 53.5 Å². The van der Waals surface area contributed by atoms with Gasteiger partial charge in [-0.15, -0.1) is 0 Å². The maximum absolute atomic E-state index is 8.47. The predicted octanol–water partition coefficient (Wildman–Crippen LogP) is -0.663. The quantitative estimate of drug-likeness (QED) is 0.484. The van der Waals surface area contributed by atoms with Gasteiger partial charge in [0.05, 0.1) is 19.8 Å². The molecule has 0 aliphatic carbocycles. The monoisotopic (exact) mass is 188 g/mol. The summed E-state index contributed by atoms with van der Waals surface area (Å²) >= 11 is 0. The second-order valence-electron chi connectivity index (χ2n) is 3.75. The van der Waals surface area contributed by atoms with E-state index < -0.39 is 0 Å². The number of hydrogen-bond acceptors (Lipinski definition) is 4. The summed E-state index contributed by atoms with van der Waals surface area (Å²) in [5.41, 5.74) is 0.239.